The second-order valence-corrected chi connectivity index (χ2v) is 7.60. The lowest BCUT2D eigenvalue weighted by atomic mass is 9.54. The number of amides is 1. The Kier molecular flexibility index (Phi) is 2.87. The van der Waals surface area contributed by atoms with E-state index >= 15 is 0 Å². The minimum absolute atomic E-state index is 0.150. The van der Waals surface area contributed by atoms with Crippen molar-refractivity contribution in [1.82, 2.24) is 10.2 Å². The first kappa shape index (κ1) is 12.2. The van der Waals surface area contributed by atoms with E-state index in [-0.39, 0.29) is 6.04 Å². The number of hydrogen-bond donors (Lipinski definition) is 1. The van der Waals surface area contributed by atoms with Crippen LogP contribution in [0.1, 0.15) is 44.9 Å². The average Bonchev–Trinajstić information content (AvgIpc) is 2.79. The van der Waals surface area contributed by atoms with Gasteiger partial charge in [-0.15, -0.1) is 0 Å². The first-order valence-corrected chi connectivity index (χ1v) is 8.21. The van der Waals surface area contributed by atoms with Gasteiger partial charge in [-0.05, 0) is 82.2 Å². The first-order valence-electron chi connectivity index (χ1n) is 8.21. The monoisotopic (exact) mass is 262 g/mol. The van der Waals surface area contributed by atoms with Crippen molar-refractivity contribution in [2.45, 2.75) is 57.0 Å². The molecule has 3 nitrogen and oxygen atoms in total. The zero-order chi connectivity index (χ0) is 13.0. The molecule has 1 heterocycles. The molecule has 1 saturated heterocycles. The molecule has 0 unspecified atom stereocenters. The van der Waals surface area contributed by atoms with Gasteiger partial charge >= 0.3 is 0 Å². The molecule has 0 aromatic rings. The predicted octanol–water partition coefficient (Wildman–Crippen LogP) is 2.02. The lowest BCUT2D eigenvalue weighted by Gasteiger charge is -2.54. The Hall–Kier alpha value is -0.570. The summed E-state index contributed by atoms with van der Waals surface area (Å²) in [6.07, 6.45) is 9.26. The highest BCUT2D eigenvalue weighted by Crippen LogP contribution is 2.53. The fourth-order valence-electron chi connectivity index (χ4n) is 5.66. The summed E-state index contributed by atoms with van der Waals surface area (Å²) in [7, 11) is 2.09. The van der Waals surface area contributed by atoms with Gasteiger partial charge in [-0.25, -0.2) is 0 Å². The Morgan fingerprint density at radius 2 is 1.68 bits per heavy atom. The fraction of sp³-hybridized carbons (Fsp3) is 0.938. The van der Waals surface area contributed by atoms with Crippen LogP contribution in [0.3, 0.4) is 0 Å². The van der Waals surface area contributed by atoms with E-state index in [9.17, 15) is 4.79 Å². The lowest BCUT2D eigenvalue weighted by Crippen LogP contribution is -2.58. The molecule has 3 heteroatoms. The second-order valence-electron chi connectivity index (χ2n) is 7.60. The smallest absolute Gasteiger partial charge is 0.237 e. The number of rotatable bonds is 2. The van der Waals surface area contributed by atoms with Crippen molar-refractivity contribution in [2.24, 2.45) is 23.7 Å². The number of nitrogens with zero attached hydrogens (tertiary/aromatic N) is 1. The highest BCUT2D eigenvalue weighted by atomic mass is 16.2. The van der Waals surface area contributed by atoms with Gasteiger partial charge in [-0.3, -0.25) is 9.69 Å². The topological polar surface area (TPSA) is 32.3 Å². The number of hydrogen-bond acceptors (Lipinski definition) is 2. The summed E-state index contributed by atoms with van der Waals surface area (Å²) < 4.78 is 0. The van der Waals surface area contributed by atoms with Crippen LogP contribution in [0.4, 0.5) is 0 Å². The van der Waals surface area contributed by atoms with Crippen molar-refractivity contribution in [3.8, 4) is 0 Å². The van der Waals surface area contributed by atoms with Crippen molar-refractivity contribution in [2.75, 3.05) is 13.6 Å². The third-order valence-electron chi connectivity index (χ3n) is 6.36. The highest BCUT2D eigenvalue weighted by Gasteiger charge is 2.49. The lowest BCUT2D eigenvalue weighted by molar-refractivity contribution is -0.129. The zero-order valence-electron chi connectivity index (χ0n) is 12.0. The molecular formula is C16H26N2O. The van der Waals surface area contributed by atoms with Crippen LogP contribution in [0.2, 0.25) is 0 Å². The van der Waals surface area contributed by atoms with Gasteiger partial charge in [0.2, 0.25) is 5.91 Å². The Balaban J connectivity index is 1.44. The summed E-state index contributed by atoms with van der Waals surface area (Å²) in [6, 6.07) is 0.659. The molecule has 1 atom stereocenters. The molecule has 5 fully saturated rings. The average molecular weight is 262 g/mol. The number of nitrogens with one attached hydrogen (secondary N) is 1. The molecule has 19 heavy (non-hydrogen) atoms. The largest absolute Gasteiger partial charge is 0.351 e. The van der Waals surface area contributed by atoms with Gasteiger partial charge in [0.05, 0.1) is 6.04 Å². The van der Waals surface area contributed by atoms with Crippen LogP contribution < -0.4 is 5.32 Å². The second kappa shape index (κ2) is 4.47. The number of likely N-dealkylation sites (N-methyl/N-ethyl adjacent to an activating group) is 1. The van der Waals surface area contributed by atoms with E-state index < -0.39 is 0 Å². The molecule has 106 valence electrons. The Morgan fingerprint density at radius 3 is 2.21 bits per heavy atom. The zero-order valence-corrected chi connectivity index (χ0v) is 12.0. The maximum atomic E-state index is 12.5. The van der Waals surface area contributed by atoms with E-state index in [1.54, 1.807) is 0 Å². The van der Waals surface area contributed by atoms with Gasteiger partial charge in [0.1, 0.15) is 0 Å². The summed E-state index contributed by atoms with van der Waals surface area (Å²) in [5.74, 6) is 3.89. The molecule has 4 bridgehead atoms. The summed E-state index contributed by atoms with van der Waals surface area (Å²) in [4.78, 5) is 14.7. The summed E-state index contributed by atoms with van der Waals surface area (Å²) in [5.41, 5.74) is 0. The van der Waals surface area contributed by atoms with Crippen LogP contribution in [0.25, 0.3) is 0 Å². The number of carbonyl (C=O) groups is 1. The Morgan fingerprint density at radius 1 is 1.05 bits per heavy atom. The van der Waals surface area contributed by atoms with Crippen LogP contribution in [0.5, 0.6) is 0 Å². The minimum Gasteiger partial charge on any atom is -0.351 e. The van der Waals surface area contributed by atoms with E-state index in [1.807, 2.05) is 0 Å². The maximum Gasteiger partial charge on any atom is 0.237 e. The van der Waals surface area contributed by atoms with E-state index in [1.165, 1.54) is 38.5 Å². The quantitative estimate of drug-likeness (QED) is 0.826. The van der Waals surface area contributed by atoms with E-state index in [0.717, 1.165) is 36.6 Å². The van der Waals surface area contributed by atoms with Crippen molar-refractivity contribution in [1.29, 1.82) is 0 Å². The van der Waals surface area contributed by atoms with Crippen LogP contribution in [0, 0.1) is 23.7 Å². The Bertz CT molecular complexity index is 353. The summed E-state index contributed by atoms with van der Waals surface area (Å²) in [6.45, 7) is 1.08. The van der Waals surface area contributed by atoms with Crippen molar-refractivity contribution >= 4 is 5.91 Å². The van der Waals surface area contributed by atoms with Gasteiger partial charge in [0.15, 0.2) is 0 Å². The molecule has 4 saturated carbocycles. The molecule has 0 spiro atoms. The molecule has 0 radical (unpaired) electrons. The predicted molar refractivity (Wildman–Crippen MR) is 74.6 cm³/mol. The van der Waals surface area contributed by atoms with E-state index in [2.05, 4.69) is 17.3 Å². The van der Waals surface area contributed by atoms with Crippen molar-refractivity contribution in [3.63, 3.8) is 0 Å². The maximum absolute atomic E-state index is 12.5. The van der Waals surface area contributed by atoms with Gasteiger partial charge in [0, 0.05) is 6.04 Å². The van der Waals surface area contributed by atoms with Gasteiger partial charge in [-0.2, -0.15) is 0 Å². The van der Waals surface area contributed by atoms with Gasteiger partial charge in [0.25, 0.3) is 0 Å². The molecule has 1 aliphatic heterocycles. The van der Waals surface area contributed by atoms with E-state index in [0.29, 0.717) is 11.9 Å². The highest BCUT2D eigenvalue weighted by molar-refractivity contribution is 5.82. The van der Waals surface area contributed by atoms with Crippen LogP contribution in [-0.4, -0.2) is 36.5 Å². The number of likely N-dealkylation sites (tertiary alicyclic amines) is 1. The Labute approximate surface area is 116 Å². The molecular weight excluding hydrogens is 236 g/mol. The molecule has 5 aliphatic rings. The third kappa shape index (κ3) is 2.01. The standard InChI is InChI=1S/C16H26N2O/c1-18-4-2-3-14(18)16(19)17-15-12-6-10-5-11(8-12)9-13(15)7-10/h10-15H,2-9H2,1H3,(H,17,19)/t10?,11?,12?,13?,14-,15?/m0/s1. The van der Waals surface area contributed by atoms with Crippen molar-refractivity contribution in [3.05, 3.63) is 0 Å². The molecule has 5 rings (SSSR count). The molecule has 1 N–H and O–H groups in total. The molecule has 0 aromatic heterocycles. The first-order chi connectivity index (χ1) is 9.20. The molecule has 1 amide bonds. The van der Waals surface area contributed by atoms with Crippen LogP contribution >= 0.6 is 0 Å². The third-order valence-corrected chi connectivity index (χ3v) is 6.36. The SMILES string of the molecule is CN1CCC[C@H]1C(=O)NC1C2CC3CC(C2)CC1C3. The van der Waals surface area contributed by atoms with Crippen LogP contribution in [0.15, 0.2) is 0 Å². The number of carbonyl (C=O) groups excluding carboxylic acids is 1. The normalized spacial score (nSPS) is 48.7. The van der Waals surface area contributed by atoms with Crippen molar-refractivity contribution < 1.29 is 4.79 Å². The minimum atomic E-state index is 0.150. The summed E-state index contributed by atoms with van der Waals surface area (Å²) >= 11 is 0. The van der Waals surface area contributed by atoms with E-state index in [4.69, 9.17) is 0 Å². The van der Waals surface area contributed by atoms with Gasteiger partial charge in [-0.1, -0.05) is 0 Å². The van der Waals surface area contributed by atoms with Gasteiger partial charge < -0.3 is 5.32 Å². The fourth-order valence-corrected chi connectivity index (χ4v) is 5.66. The summed E-state index contributed by atoms with van der Waals surface area (Å²) in [5, 5.41) is 3.45. The molecule has 4 aliphatic carbocycles. The van der Waals surface area contributed by atoms with Crippen LogP contribution in [-0.2, 0) is 4.79 Å². The molecule has 0 aromatic carbocycles.